The van der Waals surface area contributed by atoms with Crippen LogP contribution in [0.5, 0.6) is 0 Å². The highest BCUT2D eigenvalue weighted by atomic mass is 19.1. The van der Waals surface area contributed by atoms with Crippen molar-refractivity contribution >= 4 is 17.9 Å². The first-order chi connectivity index (χ1) is 13.8. The van der Waals surface area contributed by atoms with Gasteiger partial charge in [0.2, 0.25) is 11.8 Å². The van der Waals surface area contributed by atoms with Crippen molar-refractivity contribution in [2.75, 3.05) is 13.6 Å². The Morgan fingerprint density at radius 3 is 2.66 bits per heavy atom. The van der Waals surface area contributed by atoms with Crippen molar-refractivity contribution in [1.29, 1.82) is 0 Å². The highest BCUT2D eigenvalue weighted by molar-refractivity contribution is 5.79. The fourth-order valence-corrected chi connectivity index (χ4v) is 2.82. The molecular formula is C22H27FN4O2. The van der Waals surface area contributed by atoms with Crippen LogP contribution in [0.25, 0.3) is 6.08 Å². The zero-order valence-electron chi connectivity index (χ0n) is 17.1. The number of rotatable bonds is 9. The van der Waals surface area contributed by atoms with E-state index in [1.165, 1.54) is 12.1 Å². The minimum Gasteiger partial charge on any atom is -0.352 e. The number of nitrogens with zero attached hydrogens (tertiary/aromatic N) is 3. The van der Waals surface area contributed by atoms with Crippen molar-refractivity contribution in [2.45, 2.75) is 39.2 Å². The molecule has 2 amide bonds. The molecule has 7 heteroatoms. The van der Waals surface area contributed by atoms with Crippen molar-refractivity contribution in [3.63, 3.8) is 0 Å². The predicted octanol–water partition coefficient (Wildman–Crippen LogP) is 2.92. The van der Waals surface area contributed by atoms with E-state index in [9.17, 15) is 14.0 Å². The topological polar surface area (TPSA) is 75.2 Å². The smallest absolute Gasteiger partial charge is 0.226 e. The lowest BCUT2D eigenvalue weighted by Gasteiger charge is -2.22. The molecule has 29 heavy (non-hydrogen) atoms. The summed E-state index contributed by atoms with van der Waals surface area (Å²) in [6.07, 6.45) is 6.33. The van der Waals surface area contributed by atoms with Gasteiger partial charge in [0.25, 0.3) is 0 Å². The van der Waals surface area contributed by atoms with Gasteiger partial charge < -0.3 is 10.2 Å². The molecule has 0 saturated carbocycles. The van der Waals surface area contributed by atoms with Crippen LogP contribution >= 0.6 is 0 Å². The first kappa shape index (κ1) is 22.2. The number of carbonyl (C=O) groups excluding carboxylic acids is 2. The summed E-state index contributed by atoms with van der Waals surface area (Å²) in [5.74, 6) is 0.262. The Morgan fingerprint density at radius 1 is 1.24 bits per heavy atom. The lowest BCUT2D eigenvalue weighted by Crippen LogP contribution is -2.42. The fraction of sp³-hybridized carbons (Fsp3) is 0.364. The van der Waals surface area contributed by atoms with E-state index in [4.69, 9.17) is 0 Å². The minimum atomic E-state index is -0.291. The summed E-state index contributed by atoms with van der Waals surface area (Å²) < 4.78 is 12.9. The molecule has 0 fully saturated rings. The molecule has 1 aromatic carbocycles. The van der Waals surface area contributed by atoms with Gasteiger partial charge in [-0.15, -0.1) is 0 Å². The molecule has 154 valence electrons. The summed E-state index contributed by atoms with van der Waals surface area (Å²) in [4.78, 5) is 34.3. The van der Waals surface area contributed by atoms with E-state index in [2.05, 4.69) is 15.3 Å². The van der Waals surface area contributed by atoms with Crippen molar-refractivity contribution in [2.24, 2.45) is 0 Å². The second-order valence-corrected chi connectivity index (χ2v) is 7.00. The van der Waals surface area contributed by atoms with Gasteiger partial charge in [-0.1, -0.05) is 24.3 Å². The second kappa shape index (κ2) is 11.0. The van der Waals surface area contributed by atoms with Crippen LogP contribution in [-0.2, 0) is 16.0 Å². The van der Waals surface area contributed by atoms with E-state index in [1.807, 2.05) is 13.8 Å². The Labute approximate surface area is 170 Å². The quantitative estimate of drug-likeness (QED) is 0.705. The number of nitrogens with one attached hydrogen (secondary N) is 1. The molecule has 0 saturated heterocycles. The summed E-state index contributed by atoms with van der Waals surface area (Å²) in [6, 6.07) is 7.70. The van der Waals surface area contributed by atoms with E-state index < -0.39 is 0 Å². The number of carbonyl (C=O) groups is 2. The molecule has 0 aliphatic carbocycles. The summed E-state index contributed by atoms with van der Waals surface area (Å²) in [6.45, 7) is 4.10. The van der Waals surface area contributed by atoms with Crippen LogP contribution in [0.15, 0.2) is 42.6 Å². The van der Waals surface area contributed by atoms with Crippen molar-refractivity contribution in [3.8, 4) is 0 Å². The van der Waals surface area contributed by atoms with Crippen molar-refractivity contribution in [3.05, 3.63) is 65.5 Å². The summed E-state index contributed by atoms with van der Waals surface area (Å²) in [5, 5.41) is 2.91. The van der Waals surface area contributed by atoms with Gasteiger partial charge in [-0.2, -0.15) is 0 Å². The number of aryl methyl sites for hydroxylation is 2. The van der Waals surface area contributed by atoms with Crippen LogP contribution in [0.3, 0.4) is 0 Å². The summed E-state index contributed by atoms with van der Waals surface area (Å²) in [7, 11) is 1.71. The lowest BCUT2D eigenvalue weighted by molar-refractivity contribution is -0.130. The molecule has 1 N–H and O–H groups in total. The number of likely N-dealkylation sites (N-methyl/N-ethyl adjacent to an activating group) is 1. The SMILES string of the molecule is Cc1nccc(CCC(=O)NC(C)CN(C)C(=O)C/C=C/c2ccc(F)cc2)n1. The van der Waals surface area contributed by atoms with Crippen LogP contribution in [0.1, 0.15) is 36.8 Å². The van der Waals surface area contributed by atoms with Gasteiger partial charge in [-0.3, -0.25) is 9.59 Å². The summed E-state index contributed by atoms with van der Waals surface area (Å²) >= 11 is 0. The molecule has 1 unspecified atom stereocenters. The Balaban J connectivity index is 1.71. The standard InChI is InChI=1S/C22H27FN4O2/c1-16(25-21(28)12-11-20-13-14-24-17(2)26-20)15-27(3)22(29)6-4-5-18-7-9-19(23)10-8-18/h4-5,7-10,13-14,16H,6,11-12,15H2,1-3H3,(H,25,28)/b5-4+. The molecular weight excluding hydrogens is 371 g/mol. The lowest BCUT2D eigenvalue weighted by atomic mass is 10.2. The number of benzene rings is 1. The molecule has 2 rings (SSSR count). The van der Waals surface area contributed by atoms with Gasteiger partial charge in [-0.05, 0) is 44.0 Å². The third-order valence-corrected chi connectivity index (χ3v) is 4.30. The van der Waals surface area contributed by atoms with Gasteiger partial charge in [0.1, 0.15) is 11.6 Å². The molecule has 1 aromatic heterocycles. The third-order valence-electron chi connectivity index (χ3n) is 4.30. The molecule has 0 spiro atoms. The van der Waals surface area contributed by atoms with Gasteiger partial charge in [0, 0.05) is 44.4 Å². The normalized spacial score (nSPS) is 12.0. The molecule has 1 atom stereocenters. The Morgan fingerprint density at radius 2 is 1.97 bits per heavy atom. The average Bonchev–Trinajstić information content (AvgIpc) is 2.67. The van der Waals surface area contributed by atoms with Gasteiger partial charge in [0.15, 0.2) is 0 Å². The van der Waals surface area contributed by atoms with Crippen LogP contribution in [-0.4, -0.2) is 46.3 Å². The largest absolute Gasteiger partial charge is 0.352 e. The number of hydrogen-bond donors (Lipinski definition) is 1. The molecule has 0 bridgehead atoms. The van der Waals surface area contributed by atoms with Crippen LogP contribution in [0.4, 0.5) is 4.39 Å². The highest BCUT2D eigenvalue weighted by Gasteiger charge is 2.13. The zero-order valence-corrected chi connectivity index (χ0v) is 17.1. The van der Waals surface area contributed by atoms with Gasteiger partial charge in [0.05, 0.1) is 0 Å². The van der Waals surface area contributed by atoms with E-state index >= 15 is 0 Å². The molecule has 0 radical (unpaired) electrons. The van der Waals surface area contributed by atoms with E-state index in [-0.39, 0.29) is 30.1 Å². The maximum absolute atomic E-state index is 12.9. The molecule has 1 heterocycles. The summed E-state index contributed by atoms with van der Waals surface area (Å²) in [5.41, 5.74) is 1.67. The van der Waals surface area contributed by atoms with Crippen molar-refractivity contribution in [1.82, 2.24) is 20.2 Å². The van der Waals surface area contributed by atoms with E-state index in [0.717, 1.165) is 11.3 Å². The van der Waals surface area contributed by atoms with Crippen LogP contribution < -0.4 is 5.32 Å². The maximum Gasteiger partial charge on any atom is 0.226 e. The second-order valence-electron chi connectivity index (χ2n) is 7.00. The predicted molar refractivity (Wildman–Crippen MR) is 110 cm³/mol. The first-order valence-corrected chi connectivity index (χ1v) is 9.57. The monoisotopic (exact) mass is 398 g/mol. The number of amides is 2. The Bertz CT molecular complexity index is 852. The number of aromatic nitrogens is 2. The number of hydrogen-bond acceptors (Lipinski definition) is 4. The van der Waals surface area contributed by atoms with E-state index in [0.29, 0.717) is 25.2 Å². The van der Waals surface area contributed by atoms with Crippen molar-refractivity contribution < 1.29 is 14.0 Å². The first-order valence-electron chi connectivity index (χ1n) is 9.57. The highest BCUT2D eigenvalue weighted by Crippen LogP contribution is 2.06. The zero-order chi connectivity index (χ0) is 21.2. The maximum atomic E-state index is 12.9. The van der Waals surface area contributed by atoms with Crippen LogP contribution in [0, 0.1) is 12.7 Å². The van der Waals surface area contributed by atoms with Crippen LogP contribution in [0.2, 0.25) is 0 Å². The van der Waals surface area contributed by atoms with E-state index in [1.54, 1.807) is 48.5 Å². The Hall–Kier alpha value is -3.09. The Kier molecular flexibility index (Phi) is 8.45. The molecule has 0 aliphatic heterocycles. The molecule has 0 aliphatic rings. The van der Waals surface area contributed by atoms with Gasteiger partial charge >= 0.3 is 0 Å². The number of halogens is 1. The fourth-order valence-electron chi connectivity index (χ4n) is 2.82. The van der Waals surface area contributed by atoms with Gasteiger partial charge in [-0.25, -0.2) is 14.4 Å². The third kappa shape index (κ3) is 8.21. The molecule has 2 aromatic rings. The minimum absolute atomic E-state index is 0.0547. The average molecular weight is 398 g/mol. The molecule has 6 nitrogen and oxygen atoms in total.